The van der Waals surface area contributed by atoms with Crippen molar-refractivity contribution in [2.45, 2.75) is 180 Å². The number of carbonyl (C=O) groups is 1. The Hall–Kier alpha value is -1.39. The Bertz CT molecular complexity index is 613. The lowest BCUT2D eigenvalue weighted by molar-refractivity contribution is -0.123. The fourth-order valence-electron chi connectivity index (χ4n) is 4.89. The Morgan fingerprint density at radius 3 is 1.48 bits per heavy atom. The highest BCUT2D eigenvalue weighted by molar-refractivity contribution is 5.76. The van der Waals surface area contributed by atoms with Gasteiger partial charge in [-0.25, -0.2) is 0 Å². The highest BCUT2D eigenvalue weighted by Crippen LogP contribution is 2.12. The minimum Gasteiger partial charge on any atom is -0.394 e. The molecule has 0 radical (unpaired) electrons. The second-order valence-corrected chi connectivity index (χ2v) is 11.6. The first-order valence-electron chi connectivity index (χ1n) is 17.2. The number of carbonyl (C=O) groups excluding carboxylic acids is 1. The van der Waals surface area contributed by atoms with Crippen LogP contribution in [0.25, 0.3) is 0 Å². The second kappa shape index (κ2) is 32.1. The molecule has 1 amide bonds. The number of rotatable bonds is 30. The third-order valence-corrected chi connectivity index (χ3v) is 7.60. The highest BCUT2D eigenvalue weighted by Gasteiger charge is 2.17. The van der Waals surface area contributed by atoms with Gasteiger partial charge in [-0.1, -0.05) is 140 Å². The molecule has 0 heterocycles. The quantitative estimate of drug-likeness (QED) is 0.0603. The number of hydrogen-bond acceptors (Lipinski definition) is 3. The van der Waals surface area contributed by atoms with Crippen molar-refractivity contribution in [1.82, 2.24) is 5.32 Å². The first-order chi connectivity index (χ1) is 19.7. The predicted molar refractivity (Wildman–Crippen MR) is 175 cm³/mol. The van der Waals surface area contributed by atoms with Crippen molar-refractivity contribution in [3.63, 3.8) is 0 Å². The normalized spacial score (nSPS) is 13.6. The van der Waals surface area contributed by atoms with E-state index in [1.807, 2.05) is 6.08 Å². The Morgan fingerprint density at radius 1 is 0.575 bits per heavy atom. The molecule has 0 aliphatic rings. The summed E-state index contributed by atoms with van der Waals surface area (Å²) in [6.07, 6.45) is 40.8. The zero-order valence-corrected chi connectivity index (χ0v) is 26.6. The third kappa shape index (κ3) is 28.1. The summed E-state index contributed by atoms with van der Waals surface area (Å²) in [6.45, 7) is 4.24. The van der Waals surface area contributed by atoms with Crippen molar-refractivity contribution in [2.24, 2.45) is 0 Å². The molecule has 0 aromatic heterocycles. The molecular formula is C36H67NO3. The number of aliphatic hydroxyl groups is 2. The molecule has 4 heteroatoms. The summed E-state index contributed by atoms with van der Waals surface area (Å²) < 4.78 is 0. The largest absolute Gasteiger partial charge is 0.394 e. The summed E-state index contributed by atoms with van der Waals surface area (Å²) in [7, 11) is 0. The van der Waals surface area contributed by atoms with Crippen molar-refractivity contribution >= 4 is 5.91 Å². The number of amides is 1. The lowest BCUT2D eigenvalue weighted by Gasteiger charge is -2.19. The molecule has 0 aromatic rings. The number of allylic oxidation sites excluding steroid dienone is 5. The Kier molecular flexibility index (Phi) is 31.0. The predicted octanol–water partition coefficient (Wildman–Crippen LogP) is 9.90. The van der Waals surface area contributed by atoms with Crippen LogP contribution in [0.15, 0.2) is 36.5 Å². The van der Waals surface area contributed by atoms with Crippen molar-refractivity contribution in [2.75, 3.05) is 6.61 Å². The summed E-state index contributed by atoms with van der Waals surface area (Å²) >= 11 is 0. The van der Waals surface area contributed by atoms with E-state index in [-0.39, 0.29) is 12.5 Å². The topological polar surface area (TPSA) is 69.6 Å². The van der Waals surface area contributed by atoms with Gasteiger partial charge >= 0.3 is 0 Å². The van der Waals surface area contributed by atoms with E-state index in [2.05, 4.69) is 43.5 Å². The van der Waals surface area contributed by atoms with Gasteiger partial charge < -0.3 is 15.5 Å². The van der Waals surface area contributed by atoms with Crippen molar-refractivity contribution in [3.8, 4) is 0 Å². The number of nitrogens with one attached hydrogen (secondary N) is 1. The molecule has 0 saturated heterocycles. The van der Waals surface area contributed by atoms with Crippen LogP contribution in [0.4, 0.5) is 0 Å². The zero-order chi connectivity index (χ0) is 29.4. The molecule has 2 atom stereocenters. The van der Waals surface area contributed by atoms with Gasteiger partial charge in [0.15, 0.2) is 0 Å². The molecular weight excluding hydrogens is 494 g/mol. The number of aliphatic hydroxyl groups excluding tert-OH is 2. The van der Waals surface area contributed by atoms with Gasteiger partial charge in [-0.3, -0.25) is 4.79 Å². The smallest absolute Gasteiger partial charge is 0.220 e. The summed E-state index contributed by atoms with van der Waals surface area (Å²) in [5, 5.41) is 22.7. The van der Waals surface area contributed by atoms with Crippen molar-refractivity contribution < 1.29 is 15.0 Å². The molecule has 0 aromatic carbocycles. The van der Waals surface area contributed by atoms with Crippen molar-refractivity contribution in [1.29, 1.82) is 0 Å². The van der Waals surface area contributed by atoms with Gasteiger partial charge in [-0.05, 0) is 57.8 Å². The summed E-state index contributed by atoms with van der Waals surface area (Å²) in [4.78, 5) is 12.3. The van der Waals surface area contributed by atoms with Crippen LogP contribution in [0.1, 0.15) is 168 Å². The van der Waals surface area contributed by atoms with E-state index in [1.54, 1.807) is 6.08 Å². The minimum absolute atomic E-state index is 0.0826. The molecule has 0 aliphatic heterocycles. The summed E-state index contributed by atoms with van der Waals surface area (Å²) in [5.41, 5.74) is 0. The van der Waals surface area contributed by atoms with Crippen LogP contribution in [0.5, 0.6) is 0 Å². The van der Waals surface area contributed by atoms with Gasteiger partial charge in [0.05, 0.1) is 18.8 Å². The van der Waals surface area contributed by atoms with Gasteiger partial charge in [-0.15, -0.1) is 0 Å². The van der Waals surface area contributed by atoms with Crippen LogP contribution < -0.4 is 5.32 Å². The average Bonchev–Trinajstić information content (AvgIpc) is 2.96. The van der Waals surface area contributed by atoms with Gasteiger partial charge in [0.1, 0.15) is 0 Å². The van der Waals surface area contributed by atoms with E-state index >= 15 is 0 Å². The van der Waals surface area contributed by atoms with Crippen LogP contribution in [-0.2, 0) is 4.79 Å². The minimum atomic E-state index is -0.859. The number of hydrogen-bond donors (Lipinski definition) is 3. The van der Waals surface area contributed by atoms with Crippen LogP contribution in [-0.4, -0.2) is 34.9 Å². The van der Waals surface area contributed by atoms with E-state index < -0.39 is 12.1 Å². The van der Waals surface area contributed by atoms with E-state index in [0.29, 0.717) is 6.42 Å². The van der Waals surface area contributed by atoms with E-state index in [0.717, 1.165) is 32.1 Å². The van der Waals surface area contributed by atoms with Gasteiger partial charge in [0.25, 0.3) is 0 Å². The molecule has 4 nitrogen and oxygen atoms in total. The van der Waals surface area contributed by atoms with Crippen LogP contribution in [0, 0.1) is 0 Å². The van der Waals surface area contributed by atoms with Crippen LogP contribution in [0.2, 0.25) is 0 Å². The molecule has 0 bridgehead atoms. The Morgan fingerprint density at radius 2 is 0.975 bits per heavy atom. The summed E-state index contributed by atoms with van der Waals surface area (Å²) in [6, 6.07) is -0.637. The monoisotopic (exact) mass is 562 g/mol. The molecule has 234 valence electrons. The van der Waals surface area contributed by atoms with Crippen LogP contribution >= 0.6 is 0 Å². The van der Waals surface area contributed by atoms with Crippen molar-refractivity contribution in [3.05, 3.63) is 36.5 Å². The first-order valence-corrected chi connectivity index (χ1v) is 17.2. The molecule has 0 fully saturated rings. The first kappa shape index (κ1) is 38.6. The molecule has 0 aliphatic carbocycles. The van der Waals surface area contributed by atoms with Gasteiger partial charge in [-0.2, -0.15) is 0 Å². The number of unbranched alkanes of at least 4 members (excludes halogenated alkanes) is 19. The second-order valence-electron chi connectivity index (χ2n) is 11.6. The average molecular weight is 562 g/mol. The van der Waals surface area contributed by atoms with E-state index in [1.165, 1.54) is 116 Å². The zero-order valence-electron chi connectivity index (χ0n) is 26.6. The SMILES string of the molecule is CCCCCC/C=C/CC/C=C/C(O)C(CO)NC(=O)CCCCCCCCC/C=C\CCCCCCCCC. The molecule has 3 N–H and O–H groups in total. The van der Waals surface area contributed by atoms with Gasteiger partial charge in [0, 0.05) is 6.42 Å². The fraction of sp³-hybridized carbons (Fsp3) is 0.806. The highest BCUT2D eigenvalue weighted by atomic mass is 16.3. The molecule has 2 unspecified atom stereocenters. The van der Waals surface area contributed by atoms with Crippen LogP contribution in [0.3, 0.4) is 0 Å². The maximum atomic E-state index is 12.3. The van der Waals surface area contributed by atoms with E-state index in [9.17, 15) is 15.0 Å². The molecule has 0 saturated carbocycles. The molecule has 40 heavy (non-hydrogen) atoms. The maximum absolute atomic E-state index is 12.3. The van der Waals surface area contributed by atoms with E-state index in [4.69, 9.17) is 0 Å². The lowest BCUT2D eigenvalue weighted by Crippen LogP contribution is -2.45. The molecule has 0 spiro atoms. The Labute approximate surface area is 249 Å². The Balaban J connectivity index is 3.65. The third-order valence-electron chi connectivity index (χ3n) is 7.60. The maximum Gasteiger partial charge on any atom is 0.220 e. The molecule has 0 rings (SSSR count). The lowest BCUT2D eigenvalue weighted by atomic mass is 10.1. The summed E-state index contributed by atoms with van der Waals surface area (Å²) in [5.74, 6) is -0.0826. The fourth-order valence-corrected chi connectivity index (χ4v) is 4.89. The standard InChI is InChI=1S/C36H67NO3/c1-3-5-7-9-11-13-15-16-17-18-19-20-21-22-24-26-28-30-32-36(40)37-34(33-38)35(39)31-29-27-25-23-14-12-10-8-6-4-2/h14,17-18,23,29,31,34-35,38-39H,3-13,15-16,19-22,24-28,30,32-33H2,1-2H3,(H,37,40)/b18-17-,23-14+,31-29+. The van der Waals surface area contributed by atoms with Gasteiger partial charge in [0.2, 0.25) is 5.91 Å².